The van der Waals surface area contributed by atoms with Crippen LogP contribution in [0.3, 0.4) is 0 Å². The lowest BCUT2D eigenvalue weighted by Crippen LogP contribution is -2.51. The number of nitrogens with zero attached hydrogens (tertiary/aromatic N) is 2. The van der Waals surface area contributed by atoms with Gasteiger partial charge in [0.2, 0.25) is 11.8 Å². The Morgan fingerprint density at radius 3 is 2.61 bits per heavy atom. The Hall–Kier alpha value is -2.46. The van der Waals surface area contributed by atoms with Gasteiger partial charge in [-0.15, -0.1) is 0 Å². The predicted octanol–water partition coefficient (Wildman–Crippen LogP) is 4.31. The normalized spacial score (nSPS) is 28.6. The summed E-state index contributed by atoms with van der Waals surface area (Å²) in [5.41, 5.74) is 0.767. The molecule has 2 aromatic carbocycles. The van der Waals surface area contributed by atoms with Crippen molar-refractivity contribution >= 4 is 22.6 Å². The molecule has 4 heteroatoms. The smallest absolute Gasteiger partial charge is 0.247 e. The van der Waals surface area contributed by atoms with Crippen molar-refractivity contribution in [1.29, 1.82) is 0 Å². The molecule has 0 radical (unpaired) electrons. The summed E-state index contributed by atoms with van der Waals surface area (Å²) in [4.78, 5) is 26.3. The van der Waals surface area contributed by atoms with E-state index in [1.165, 1.54) is 15.8 Å². The first-order valence-corrected chi connectivity index (χ1v) is 10.2. The average molecular weight is 374 g/mol. The molecule has 0 N–H and O–H groups in total. The molecule has 5 rings (SSSR count). The van der Waals surface area contributed by atoms with Gasteiger partial charge in [0, 0.05) is 24.4 Å². The van der Waals surface area contributed by atoms with E-state index in [9.17, 15) is 9.59 Å². The molecule has 0 aromatic heterocycles. The van der Waals surface area contributed by atoms with Crippen LogP contribution in [0.2, 0.25) is 0 Å². The summed E-state index contributed by atoms with van der Waals surface area (Å²) >= 11 is 0. The van der Waals surface area contributed by atoms with Crippen LogP contribution in [0.1, 0.15) is 38.7 Å². The first-order valence-electron chi connectivity index (χ1n) is 10.2. The second-order valence-electron chi connectivity index (χ2n) is 9.12. The summed E-state index contributed by atoms with van der Waals surface area (Å²) in [6, 6.07) is 14.5. The highest BCUT2D eigenvalue weighted by molar-refractivity contribution is 5.98. The van der Waals surface area contributed by atoms with Crippen molar-refractivity contribution in [1.82, 2.24) is 10.0 Å². The average Bonchev–Trinajstić information content (AvgIpc) is 3.35. The van der Waals surface area contributed by atoms with E-state index in [0.29, 0.717) is 24.8 Å². The summed E-state index contributed by atoms with van der Waals surface area (Å²) in [6.45, 7) is 4.68. The number of allylic oxidation sites excluding steroid dienone is 2. The van der Waals surface area contributed by atoms with Gasteiger partial charge in [-0.1, -0.05) is 54.6 Å². The quantitative estimate of drug-likeness (QED) is 0.594. The molecular formula is C24H26N2O2. The van der Waals surface area contributed by atoms with Crippen LogP contribution >= 0.6 is 0 Å². The third kappa shape index (κ3) is 2.70. The molecule has 4 nitrogen and oxygen atoms in total. The van der Waals surface area contributed by atoms with E-state index >= 15 is 0 Å². The predicted molar refractivity (Wildman–Crippen MR) is 109 cm³/mol. The Morgan fingerprint density at radius 2 is 1.86 bits per heavy atom. The van der Waals surface area contributed by atoms with Gasteiger partial charge in [-0.3, -0.25) is 9.59 Å². The SMILES string of the molecule is CC1(C)CC(=O)N(C(=O)[C@H]2C[C@H]3C=C[C@@H]2C3)N1Cc1cccc2ccccc12. The lowest BCUT2D eigenvalue weighted by atomic mass is 9.92. The van der Waals surface area contributed by atoms with Crippen molar-refractivity contribution in [3.63, 3.8) is 0 Å². The molecule has 2 fully saturated rings. The summed E-state index contributed by atoms with van der Waals surface area (Å²) < 4.78 is 0. The molecule has 2 aromatic rings. The van der Waals surface area contributed by atoms with Crippen LogP contribution in [0.5, 0.6) is 0 Å². The molecule has 2 amide bonds. The standard InChI is InChI=1S/C24H26N2O2/c1-24(2)14-22(27)26(23(28)21-13-16-10-11-18(21)12-16)25(24)15-19-8-5-7-17-6-3-4-9-20(17)19/h3-11,16,18,21H,12-15H2,1-2H3/t16-,18+,21-/m0/s1. The maximum atomic E-state index is 13.4. The largest absolute Gasteiger partial charge is 0.273 e. The number of imide groups is 1. The first-order chi connectivity index (χ1) is 13.4. The van der Waals surface area contributed by atoms with Crippen LogP contribution in [0.25, 0.3) is 10.8 Å². The molecule has 1 saturated carbocycles. The van der Waals surface area contributed by atoms with Gasteiger partial charge < -0.3 is 0 Å². The van der Waals surface area contributed by atoms with Crippen LogP contribution in [0.15, 0.2) is 54.6 Å². The number of hydrogen-bond acceptors (Lipinski definition) is 3. The van der Waals surface area contributed by atoms with E-state index in [1.807, 2.05) is 17.1 Å². The second-order valence-corrected chi connectivity index (χ2v) is 9.12. The number of carbonyl (C=O) groups excluding carboxylic acids is 2. The molecular weight excluding hydrogens is 348 g/mol. The zero-order valence-corrected chi connectivity index (χ0v) is 16.5. The van der Waals surface area contributed by atoms with Crippen molar-refractivity contribution in [3.05, 3.63) is 60.2 Å². The number of amides is 2. The zero-order chi connectivity index (χ0) is 19.5. The third-order valence-electron chi connectivity index (χ3n) is 6.77. The maximum Gasteiger partial charge on any atom is 0.247 e. The molecule has 1 heterocycles. The van der Waals surface area contributed by atoms with Gasteiger partial charge in [0.05, 0.1) is 0 Å². The fourth-order valence-corrected chi connectivity index (χ4v) is 5.28. The Morgan fingerprint density at radius 1 is 1.07 bits per heavy atom. The van der Waals surface area contributed by atoms with Gasteiger partial charge >= 0.3 is 0 Å². The van der Waals surface area contributed by atoms with Crippen molar-refractivity contribution < 1.29 is 9.59 Å². The van der Waals surface area contributed by atoms with Gasteiger partial charge in [-0.2, -0.15) is 0 Å². The van der Waals surface area contributed by atoms with Crippen molar-refractivity contribution in [3.8, 4) is 0 Å². The topological polar surface area (TPSA) is 40.6 Å². The molecule has 2 bridgehead atoms. The minimum atomic E-state index is -0.378. The van der Waals surface area contributed by atoms with E-state index in [4.69, 9.17) is 0 Å². The molecule has 1 saturated heterocycles. The van der Waals surface area contributed by atoms with Crippen molar-refractivity contribution in [2.24, 2.45) is 17.8 Å². The number of fused-ring (bicyclic) bond motifs is 3. The second kappa shape index (κ2) is 6.28. The fourth-order valence-electron chi connectivity index (χ4n) is 5.28. The number of carbonyl (C=O) groups is 2. The number of hydrogen-bond donors (Lipinski definition) is 0. The van der Waals surface area contributed by atoms with Gasteiger partial charge in [-0.25, -0.2) is 10.0 Å². The number of benzene rings is 2. The summed E-state index contributed by atoms with van der Waals surface area (Å²) in [5.74, 6) is 0.683. The molecule has 28 heavy (non-hydrogen) atoms. The highest BCUT2D eigenvalue weighted by atomic mass is 16.2. The van der Waals surface area contributed by atoms with Gasteiger partial charge in [0.25, 0.3) is 0 Å². The summed E-state index contributed by atoms with van der Waals surface area (Å²) in [7, 11) is 0. The van der Waals surface area contributed by atoms with E-state index in [1.54, 1.807) is 0 Å². The Kier molecular flexibility index (Phi) is 3.95. The van der Waals surface area contributed by atoms with E-state index < -0.39 is 0 Å². The molecule has 144 valence electrons. The molecule has 2 aliphatic carbocycles. The summed E-state index contributed by atoms with van der Waals surface area (Å²) in [5, 5.41) is 5.85. The molecule has 3 atom stereocenters. The van der Waals surface area contributed by atoms with Crippen LogP contribution < -0.4 is 0 Å². The lowest BCUT2D eigenvalue weighted by Gasteiger charge is -2.37. The first kappa shape index (κ1) is 17.6. The fraction of sp³-hybridized carbons (Fsp3) is 0.417. The highest BCUT2D eigenvalue weighted by Crippen LogP contribution is 2.45. The van der Waals surface area contributed by atoms with Crippen molar-refractivity contribution in [2.45, 2.75) is 45.2 Å². The Bertz CT molecular complexity index is 988. The minimum absolute atomic E-state index is 0.00679. The summed E-state index contributed by atoms with van der Waals surface area (Å²) in [6.07, 6.45) is 6.73. The van der Waals surface area contributed by atoms with Gasteiger partial charge in [0.1, 0.15) is 0 Å². The van der Waals surface area contributed by atoms with E-state index in [-0.39, 0.29) is 23.3 Å². The van der Waals surface area contributed by atoms with E-state index in [0.717, 1.165) is 18.4 Å². The number of rotatable bonds is 3. The monoisotopic (exact) mass is 374 g/mol. The molecule has 0 unspecified atom stereocenters. The number of hydrazine groups is 1. The van der Waals surface area contributed by atoms with Crippen LogP contribution in [-0.4, -0.2) is 27.4 Å². The van der Waals surface area contributed by atoms with Crippen LogP contribution in [-0.2, 0) is 16.1 Å². The van der Waals surface area contributed by atoms with Crippen LogP contribution in [0, 0.1) is 17.8 Å². The van der Waals surface area contributed by atoms with Gasteiger partial charge in [-0.05, 0) is 54.9 Å². The maximum absolute atomic E-state index is 13.4. The zero-order valence-electron chi connectivity index (χ0n) is 16.5. The minimum Gasteiger partial charge on any atom is -0.273 e. The molecule has 1 aliphatic heterocycles. The van der Waals surface area contributed by atoms with Gasteiger partial charge in [0.15, 0.2) is 0 Å². The van der Waals surface area contributed by atoms with E-state index in [2.05, 4.69) is 56.3 Å². The van der Waals surface area contributed by atoms with Crippen LogP contribution in [0.4, 0.5) is 0 Å². The third-order valence-corrected chi connectivity index (χ3v) is 6.77. The highest BCUT2D eigenvalue weighted by Gasteiger charge is 2.51. The Labute approximate surface area is 165 Å². The lowest BCUT2D eigenvalue weighted by molar-refractivity contribution is -0.165. The van der Waals surface area contributed by atoms with Crippen molar-refractivity contribution in [2.75, 3.05) is 0 Å². The molecule has 0 spiro atoms. The Balaban J connectivity index is 1.49. The molecule has 3 aliphatic rings.